The first-order chi connectivity index (χ1) is 13.5. The van der Waals surface area contributed by atoms with Crippen LogP contribution in [-0.2, 0) is 6.54 Å². The molecule has 2 heterocycles. The molecule has 2 aromatic heterocycles. The highest BCUT2D eigenvalue weighted by atomic mass is 16.1. The highest BCUT2D eigenvalue weighted by molar-refractivity contribution is 5.95. The van der Waals surface area contributed by atoms with Crippen LogP contribution in [0.15, 0.2) is 60.8 Å². The Morgan fingerprint density at radius 2 is 1.71 bits per heavy atom. The predicted molar refractivity (Wildman–Crippen MR) is 110 cm³/mol. The van der Waals surface area contributed by atoms with Crippen molar-refractivity contribution < 1.29 is 4.79 Å². The first-order valence-corrected chi connectivity index (χ1v) is 9.28. The predicted octanol–water partition coefficient (Wildman–Crippen LogP) is 4.25. The van der Waals surface area contributed by atoms with E-state index in [1.54, 1.807) is 10.7 Å². The zero-order chi connectivity index (χ0) is 19.7. The monoisotopic (exact) mass is 370 g/mol. The van der Waals surface area contributed by atoms with Gasteiger partial charge in [0.1, 0.15) is 0 Å². The Hall–Kier alpha value is -3.47. The Morgan fingerprint density at radius 1 is 1.00 bits per heavy atom. The topological polar surface area (TPSA) is 59.3 Å². The van der Waals surface area contributed by atoms with Crippen molar-refractivity contribution in [3.8, 4) is 11.1 Å². The van der Waals surface area contributed by atoms with E-state index in [2.05, 4.69) is 15.4 Å². The zero-order valence-corrected chi connectivity index (χ0v) is 16.2. The lowest BCUT2D eigenvalue weighted by molar-refractivity contribution is 0.0949. The van der Waals surface area contributed by atoms with Gasteiger partial charge < -0.3 is 5.32 Å². The molecule has 1 N–H and O–H groups in total. The van der Waals surface area contributed by atoms with Crippen molar-refractivity contribution in [1.82, 2.24) is 19.9 Å². The highest BCUT2D eigenvalue weighted by Gasteiger charge is 2.18. The Balaban J connectivity index is 1.64. The molecule has 28 heavy (non-hydrogen) atoms. The number of amides is 1. The van der Waals surface area contributed by atoms with Crippen LogP contribution >= 0.6 is 0 Å². The maximum Gasteiger partial charge on any atom is 0.254 e. The van der Waals surface area contributed by atoms with E-state index in [1.807, 2.05) is 75.4 Å². The fraction of sp³-hybridized carbons (Fsp3) is 0.174. The van der Waals surface area contributed by atoms with E-state index in [9.17, 15) is 4.79 Å². The fourth-order valence-electron chi connectivity index (χ4n) is 3.35. The molecule has 0 bridgehead atoms. The summed E-state index contributed by atoms with van der Waals surface area (Å²) in [6.45, 7) is 6.39. The summed E-state index contributed by atoms with van der Waals surface area (Å²) in [5, 5.41) is 7.61. The third-order valence-corrected chi connectivity index (χ3v) is 4.94. The van der Waals surface area contributed by atoms with E-state index in [0.29, 0.717) is 12.1 Å². The Kier molecular flexibility index (Phi) is 4.65. The molecule has 140 valence electrons. The average molecular weight is 370 g/mol. The molecule has 0 aliphatic rings. The second-order valence-corrected chi connectivity index (χ2v) is 6.99. The van der Waals surface area contributed by atoms with Gasteiger partial charge in [0.2, 0.25) is 0 Å². The fourth-order valence-corrected chi connectivity index (χ4v) is 3.35. The first-order valence-electron chi connectivity index (χ1n) is 9.28. The van der Waals surface area contributed by atoms with Crippen LogP contribution in [0.2, 0.25) is 0 Å². The van der Waals surface area contributed by atoms with Crippen molar-refractivity contribution in [2.75, 3.05) is 0 Å². The number of rotatable bonds is 4. The molecule has 2 aromatic carbocycles. The maximum atomic E-state index is 12.7. The molecule has 5 nitrogen and oxygen atoms in total. The number of carbonyl (C=O) groups excluding carboxylic acids is 1. The number of fused-ring (bicyclic) bond motifs is 1. The van der Waals surface area contributed by atoms with Crippen molar-refractivity contribution in [3.05, 3.63) is 88.9 Å². The van der Waals surface area contributed by atoms with Gasteiger partial charge in [-0.05, 0) is 31.9 Å². The molecule has 0 aliphatic carbocycles. The van der Waals surface area contributed by atoms with E-state index in [1.165, 1.54) is 5.56 Å². The van der Waals surface area contributed by atoms with Gasteiger partial charge >= 0.3 is 0 Å². The molecule has 0 saturated carbocycles. The van der Waals surface area contributed by atoms with Crippen molar-refractivity contribution in [2.24, 2.45) is 0 Å². The van der Waals surface area contributed by atoms with E-state index < -0.39 is 0 Å². The Labute approximate surface area is 164 Å². The summed E-state index contributed by atoms with van der Waals surface area (Å²) >= 11 is 0. The van der Waals surface area contributed by atoms with Gasteiger partial charge in [-0.25, -0.2) is 9.50 Å². The Morgan fingerprint density at radius 3 is 2.43 bits per heavy atom. The van der Waals surface area contributed by atoms with E-state index in [0.717, 1.165) is 33.7 Å². The van der Waals surface area contributed by atoms with Gasteiger partial charge in [0.05, 0.1) is 17.0 Å². The molecule has 0 unspecified atom stereocenters. The van der Waals surface area contributed by atoms with Gasteiger partial charge in [0.25, 0.3) is 5.91 Å². The van der Waals surface area contributed by atoms with Gasteiger partial charge in [0, 0.05) is 18.3 Å². The number of carbonyl (C=O) groups is 1. The summed E-state index contributed by atoms with van der Waals surface area (Å²) in [6.07, 6.45) is 1.64. The molecule has 1 amide bonds. The first kappa shape index (κ1) is 17.9. The SMILES string of the molecule is Cc1ccc(CNC(=O)c2cnc3c(-c4ccccc4)c(C)nn3c2C)cc1. The van der Waals surface area contributed by atoms with Gasteiger partial charge in [-0.1, -0.05) is 60.2 Å². The number of benzene rings is 2. The van der Waals surface area contributed by atoms with Crippen molar-refractivity contribution >= 4 is 11.6 Å². The largest absolute Gasteiger partial charge is 0.348 e. The third kappa shape index (κ3) is 3.27. The molecule has 0 radical (unpaired) electrons. The summed E-state index contributed by atoms with van der Waals surface area (Å²) in [5.41, 5.74) is 7.28. The molecule has 0 saturated heterocycles. The second-order valence-electron chi connectivity index (χ2n) is 6.99. The van der Waals surface area contributed by atoms with Crippen molar-refractivity contribution in [2.45, 2.75) is 27.3 Å². The van der Waals surface area contributed by atoms with Gasteiger partial charge in [0.15, 0.2) is 5.65 Å². The molecule has 4 rings (SSSR count). The minimum Gasteiger partial charge on any atom is -0.348 e. The number of hydrogen-bond acceptors (Lipinski definition) is 3. The summed E-state index contributed by atoms with van der Waals surface area (Å²) in [7, 11) is 0. The summed E-state index contributed by atoms with van der Waals surface area (Å²) in [6, 6.07) is 18.2. The number of aromatic nitrogens is 3. The number of nitrogens with one attached hydrogen (secondary N) is 1. The lowest BCUT2D eigenvalue weighted by Crippen LogP contribution is -2.24. The van der Waals surface area contributed by atoms with E-state index in [-0.39, 0.29) is 5.91 Å². The molecule has 0 fully saturated rings. The highest BCUT2D eigenvalue weighted by Crippen LogP contribution is 2.27. The molecule has 0 atom stereocenters. The second kappa shape index (κ2) is 7.27. The van der Waals surface area contributed by atoms with Crippen molar-refractivity contribution in [1.29, 1.82) is 0 Å². The number of aryl methyl sites for hydroxylation is 3. The van der Waals surface area contributed by atoms with Crippen LogP contribution < -0.4 is 5.32 Å². The lowest BCUT2D eigenvalue weighted by atomic mass is 10.1. The zero-order valence-electron chi connectivity index (χ0n) is 16.2. The van der Waals surface area contributed by atoms with Crippen LogP contribution in [-0.4, -0.2) is 20.5 Å². The van der Waals surface area contributed by atoms with Crippen LogP contribution in [0.3, 0.4) is 0 Å². The summed E-state index contributed by atoms with van der Waals surface area (Å²) in [4.78, 5) is 17.3. The van der Waals surface area contributed by atoms with E-state index >= 15 is 0 Å². The quantitative estimate of drug-likeness (QED) is 0.584. The van der Waals surface area contributed by atoms with Crippen LogP contribution in [0.25, 0.3) is 16.8 Å². The third-order valence-electron chi connectivity index (χ3n) is 4.94. The molecule has 4 aromatic rings. The minimum absolute atomic E-state index is 0.151. The average Bonchev–Trinajstić information content (AvgIpc) is 3.05. The molecule has 0 aliphatic heterocycles. The lowest BCUT2D eigenvalue weighted by Gasteiger charge is -2.09. The molecular weight excluding hydrogens is 348 g/mol. The van der Waals surface area contributed by atoms with Crippen LogP contribution in [0, 0.1) is 20.8 Å². The molecule has 0 spiro atoms. The molecule has 5 heteroatoms. The number of nitrogens with zero attached hydrogens (tertiary/aromatic N) is 3. The van der Waals surface area contributed by atoms with Crippen LogP contribution in [0.5, 0.6) is 0 Å². The van der Waals surface area contributed by atoms with E-state index in [4.69, 9.17) is 0 Å². The van der Waals surface area contributed by atoms with Crippen LogP contribution in [0.1, 0.15) is 32.9 Å². The minimum atomic E-state index is -0.151. The van der Waals surface area contributed by atoms with Gasteiger partial charge in [-0.2, -0.15) is 5.10 Å². The number of hydrogen-bond donors (Lipinski definition) is 1. The van der Waals surface area contributed by atoms with Crippen molar-refractivity contribution in [3.63, 3.8) is 0 Å². The summed E-state index contributed by atoms with van der Waals surface area (Å²) < 4.78 is 1.76. The van der Waals surface area contributed by atoms with Crippen LogP contribution in [0.4, 0.5) is 0 Å². The molecular formula is C23H22N4O. The maximum absolute atomic E-state index is 12.7. The Bertz CT molecular complexity index is 1140. The van der Waals surface area contributed by atoms with Gasteiger partial charge in [-0.3, -0.25) is 4.79 Å². The summed E-state index contributed by atoms with van der Waals surface area (Å²) in [5.74, 6) is -0.151. The standard InChI is InChI=1S/C23H22N4O/c1-15-9-11-18(12-10-15)13-25-23(28)20-14-24-22-21(19-7-5-4-6-8-19)16(2)26-27(22)17(20)3/h4-12,14H,13H2,1-3H3,(H,25,28). The normalized spacial score (nSPS) is 11.0. The smallest absolute Gasteiger partial charge is 0.254 e. The van der Waals surface area contributed by atoms with Gasteiger partial charge in [-0.15, -0.1) is 0 Å².